The lowest BCUT2D eigenvalue weighted by molar-refractivity contribution is -0.139. The van der Waals surface area contributed by atoms with Gasteiger partial charge in [-0.25, -0.2) is 9.78 Å². The van der Waals surface area contributed by atoms with Crippen LogP contribution in [0.5, 0.6) is 0 Å². The number of hydrogen-bond acceptors (Lipinski definition) is 6. The molecule has 2 fully saturated rings. The van der Waals surface area contributed by atoms with Crippen molar-refractivity contribution < 1.29 is 14.3 Å². The van der Waals surface area contributed by atoms with Crippen LogP contribution in [-0.4, -0.2) is 77.6 Å². The molecule has 3 heterocycles. The minimum atomic E-state index is -0.393. The molecule has 1 unspecified atom stereocenters. The van der Waals surface area contributed by atoms with E-state index in [4.69, 9.17) is 4.74 Å². The van der Waals surface area contributed by atoms with Gasteiger partial charge in [0, 0.05) is 44.6 Å². The molecule has 25 heavy (non-hydrogen) atoms. The number of aromatic nitrogens is 1. The third-order valence-electron chi connectivity index (χ3n) is 4.93. The fraction of sp³-hybridized carbons (Fsp3) is 0.706. The van der Waals surface area contributed by atoms with Crippen LogP contribution >= 0.6 is 11.3 Å². The molecule has 0 bridgehead atoms. The number of aryl methyl sites for hydroxylation is 1. The van der Waals surface area contributed by atoms with E-state index in [0.717, 1.165) is 49.6 Å². The van der Waals surface area contributed by atoms with Crippen molar-refractivity contribution in [3.63, 3.8) is 0 Å². The van der Waals surface area contributed by atoms with Gasteiger partial charge in [-0.15, -0.1) is 11.3 Å². The summed E-state index contributed by atoms with van der Waals surface area (Å²) >= 11 is 1.67. The van der Waals surface area contributed by atoms with Gasteiger partial charge in [-0.2, -0.15) is 0 Å². The van der Waals surface area contributed by atoms with E-state index in [-0.39, 0.29) is 11.9 Å². The maximum atomic E-state index is 12.9. The zero-order valence-electron chi connectivity index (χ0n) is 14.9. The first-order chi connectivity index (χ1) is 12.1. The quantitative estimate of drug-likeness (QED) is 0.815. The highest BCUT2D eigenvalue weighted by Crippen LogP contribution is 2.21. The van der Waals surface area contributed by atoms with E-state index in [9.17, 15) is 9.59 Å². The number of ether oxygens (including phenoxy) is 1. The Balaban J connectivity index is 1.54. The summed E-state index contributed by atoms with van der Waals surface area (Å²) in [4.78, 5) is 35.2. The second kappa shape index (κ2) is 8.14. The predicted molar refractivity (Wildman–Crippen MR) is 95.5 cm³/mol. The Morgan fingerprint density at radius 1 is 1.24 bits per heavy atom. The van der Waals surface area contributed by atoms with Crippen LogP contribution in [0.3, 0.4) is 0 Å². The number of piperidine rings is 1. The maximum Gasteiger partial charge on any atom is 0.410 e. The summed E-state index contributed by atoms with van der Waals surface area (Å²) in [5, 5.41) is 3.19. The summed E-state index contributed by atoms with van der Waals surface area (Å²) in [6.07, 6.45) is 2.24. The number of amides is 2. The van der Waals surface area contributed by atoms with E-state index >= 15 is 0 Å². The fourth-order valence-electron chi connectivity index (χ4n) is 3.57. The van der Waals surface area contributed by atoms with Gasteiger partial charge >= 0.3 is 6.09 Å². The molecule has 1 aromatic rings. The van der Waals surface area contributed by atoms with Crippen LogP contribution in [-0.2, 0) is 16.1 Å². The van der Waals surface area contributed by atoms with Gasteiger partial charge in [0.05, 0.1) is 17.8 Å². The van der Waals surface area contributed by atoms with Crippen molar-refractivity contribution in [1.29, 1.82) is 0 Å². The van der Waals surface area contributed by atoms with Gasteiger partial charge < -0.3 is 9.64 Å². The summed E-state index contributed by atoms with van der Waals surface area (Å²) in [6, 6.07) is -0.367. The highest BCUT2D eigenvalue weighted by Gasteiger charge is 2.36. The van der Waals surface area contributed by atoms with Gasteiger partial charge in [0.1, 0.15) is 6.04 Å². The zero-order chi connectivity index (χ0) is 17.8. The number of piperazine rings is 1. The van der Waals surface area contributed by atoms with Crippen LogP contribution in [0.25, 0.3) is 0 Å². The van der Waals surface area contributed by atoms with E-state index in [1.807, 2.05) is 11.8 Å². The lowest BCUT2D eigenvalue weighted by Gasteiger charge is -2.40. The highest BCUT2D eigenvalue weighted by molar-refractivity contribution is 7.09. The molecule has 8 heteroatoms. The van der Waals surface area contributed by atoms with Gasteiger partial charge in [0.15, 0.2) is 0 Å². The van der Waals surface area contributed by atoms with Crippen molar-refractivity contribution in [1.82, 2.24) is 19.7 Å². The van der Waals surface area contributed by atoms with Crippen LogP contribution in [0.15, 0.2) is 5.38 Å². The first kappa shape index (κ1) is 18.1. The predicted octanol–water partition coefficient (Wildman–Crippen LogP) is 1.72. The molecule has 0 radical (unpaired) electrons. The highest BCUT2D eigenvalue weighted by atomic mass is 32.1. The average molecular weight is 366 g/mol. The van der Waals surface area contributed by atoms with Crippen LogP contribution < -0.4 is 0 Å². The number of carbonyl (C=O) groups is 2. The lowest BCUT2D eigenvalue weighted by Crippen LogP contribution is -2.57. The number of rotatable bonds is 3. The number of likely N-dealkylation sites (tertiary alicyclic amines) is 1. The van der Waals surface area contributed by atoms with Crippen LogP contribution in [0.1, 0.15) is 30.0 Å². The van der Waals surface area contributed by atoms with Gasteiger partial charge in [0.25, 0.3) is 0 Å². The largest absolute Gasteiger partial charge is 0.453 e. The molecule has 7 nitrogen and oxygen atoms in total. The van der Waals surface area contributed by atoms with E-state index in [1.54, 1.807) is 16.2 Å². The van der Waals surface area contributed by atoms with Crippen LogP contribution in [0, 0.1) is 6.92 Å². The molecular formula is C17H26N4O3S. The standard InChI is InChI=1S/C17H26N4O3S/c1-13-18-14(12-25-13)11-19-7-9-20(10-8-19)16(22)15-5-3-4-6-21(15)17(23)24-2/h12,15H,3-11H2,1-2H3. The molecule has 2 aliphatic heterocycles. The SMILES string of the molecule is COC(=O)N1CCCCC1C(=O)N1CCN(Cc2csc(C)n2)CC1. The Hall–Kier alpha value is -1.67. The number of thiazole rings is 1. The molecule has 0 N–H and O–H groups in total. The minimum absolute atomic E-state index is 0.0641. The number of nitrogens with zero attached hydrogens (tertiary/aromatic N) is 4. The number of carbonyl (C=O) groups excluding carboxylic acids is 2. The van der Waals surface area contributed by atoms with Crippen molar-refractivity contribution in [3.8, 4) is 0 Å². The molecule has 2 saturated heterocycles. The van der Waals surface area contributed by atoms with E-state index in [0.29, 0.717) is 19.6 Å². The molecule has 0 saturated carbocycles. The zero-order valence-corrected chi connectivity index (χ0v) is 15.8. The van der Waals surface area contributed by atoms with Gasteiger partial charge in [-0.05, 0) is 26.2 Å². The molecule has 0 aromatic carbocycles. The summed E-state index contributed by atoms with van der Waals surface area (Å²) < 4.78 is 4.84. The fourth-order valence-corrected chi connectivity index (χ4v) is 4.17. The summed E-state index contributed by atoms with van der Waals surface area (Å²) in [6.45, 7) is 6.54. The molecule has 138 valence electrons. The van der Waals surface area contributed by atoms with Gasteiger partial charge in [-0.3, -0.25) is 14.6 Å². The first-order valence-corrected chi connectivity index (χ1v) is 9.73. The Bertz CT molecular complexity index is 613. The number of hydrogen-bond donors (Lipinski definition) is 0. The monoisotopic (exact) mass is 366 g/mol. The van der Waals surface area contributed by atoms with Gasteiger partial charge in [0.2, 0.25) is 5.91 Å². The van der Waals surface area contributed by atoms with Crippen molar-refractivity contribution >= 4 is 23.3 Å². The molecule has 1 aromatic heterocycles. The molecule has 2 amide bonds. The normalized spacial score (nSPS) is 22.1. The van der Waals surface area contributed by atoms with Crippen molar-refractivity contribution in [2.45, 2.75) is 38.8 Å². The molecule has 0 spiro atoms. The molecule has 2 aliphatic rings. The second-order valence-electron chi connectivity index (χ2n) is 6.63. The second-order valence-corrected chi connectivity index (χ2v) is 7.70. The summed E-state index contributed by atoms with van der Waals surface area (Å²) in [5.74, 6) is 0.0641. The topological polar surface area (TPSA) is 66.0 Å². The van der Waals surface area contributed by atoms with E-state index in [2.05, 4.69) is 15.3 Å². The van der Waals surface area contributed by atoms with E-state index < -0.39 is 6.09 Å². The third kappa shape index (κ3) is 4.30. The van der Waals surface area contributed by atoms with Crippen molar-refractivity contribution in [2.24, 2.45) is 0 Å². The minimum Gasteiger partial charge on any atom is -0.453 e. The Kier molecular flexibility index (Phi) is 5.90. The molecular weight excluding hydrogens is 340 g/mol. The Labute approximate surface area is 152 Å². The first-order valence-electron chi connectivity index (χ1n) is 8.85. The van der Waals surface area contributed by atoms with Gasteiger partial charge in [-0.1, -0.05) is 0 Å². The Morgan fingerprint density at radius 2 is 2.00 bits per heavy atom. The molecule has 0 aliphatic carbocycles. The third-order valence-corrected chi connectivity index (χ3v) is 5.76. The van der Waals surface area contributed by atoms with Crippen LogP contribution in [0.2, 0.25) is 0 Å². The lowest BCUT2D eigenvalue weighted by atomic mass is 10.0. The maximum absolute atomic E-state index is 12.9. The smallest absolute Gasteiger partial charge is 0.410 e. The van der Waals surface area contributed by atoms with E-state index in [1.165, 1.54) is 7.11 Å². The summed E-state index contributed by atoms with van der Waals surface area (Å²) in [5.41, 5.74) is 1.10. The number of methoxy groups -OCH3 is 1. The van der Waals surface area contributed by atoms with Crippen molar-refractivity contribution in [2.75, 3.05) is 39.8 Å². The molecule has 3 rings (SSSR count). The molecule has 1 atom stereocenters. The van der Waals surface area contributed by atoms with Crippen molar-refractivity contribution in [3.05, 3.63) is 16.1 Å². The average Bonchev–Trinajstić information content (AvgIpc) is 3.06. The Morgan fingerprint density at radius 3 is 2.64 bits per heavy atom. The van der Waals surface area contributed by atoms with Crippen LogP contribution in [0.4, 0.5) is 4.79 Å². The summed E-state index contributed by atoms with van der Waals surface area (Å²) in [7, 11) is 1.37.